The van der Waals surface area contributed by atoms with Crippen LogP contribution in [0.5, 0.6) is 5.75 Å². The van der Waals surface area contributed by atoms with Crippen molar-refractivity contribution in [2.75, 3.05) is 5.73 Å². The fraction of sp³-hybridized carbons (Fsp3) is 0.0667. The molecule has 0 spiro atoms. The van der Waals surface area contributed by atoms with E-state index < -0.39 is 0 Å². The van der Waals surface area contributed by atoms with Crippen LogP contribution in [0.4, 0.5) is 5.69 Å². The van der Waals surface area contributed by atoms with E-state index in [1.807, 2.05) is 0 Å². The predicted octanol–water partition coefficient (Wildman–Crippen LogP) is 0.951. The van der Waals surface area contributed by atoms with Crippen LogP contribution in [-0.4, -0.2) is 29.9 Å². The number of benzene rings is 1. The summed E-state index contributed by atoms with van der Waals surface area (Å²) >= 11 is 0. The fourth-order valence-electron chi connectivity index (χ4n) is 2.36. The number of aromatic hydroxyl groups is 1. The molecule has 9 nitrogen and oxygen atoms in total. The Morgan fingerprint density at radius 1 is 1.29 bits per heavy atom. The van der Waals surface area contributed by atoms with Crippen molar-refractivity contribution < 1.29 is 9.52 Å². The largest absolute Gasteiger partial charge is 0.506 e. The van der Waals surface area contributed by atoms with Crippen LogP contribution >= 0.6 is 0 Å². The summed E-state index contributed by atoms with van der Waals surface area (Å²) < 4.78 is 6.67. The Bertz CT molecular complexity index is 1080. The number of aromatic amines is 1. The number of phenols is 1. The summed E-state index contributed by atoms with van der Waals surface area (Å²) in [5.74, 6) is 1.21. The van der Waals surface area contributed by atoms with Crippen molar-refractivity contribution in [2.45, 2.75) is 6.42 Å². The Morgan fingerprint density at radius 3 is 2.92 bits per heavy atom. The summed E-state index contributed by atoms with van der Waals surface area (Å²) in [6.07, 6.45) is 1.78. The van der Waals surface area contributed by atoms with E-state index in [1.165, 1.54) is 16.8 Å². The molecule has 0 unspecified atom stereocenters. The van der Waals surface area contributed by atoms with Gasteiger partial charge in [0.25, 0.3) is 11.3 Å². The molecule has 0 fully saturated rings. The Kier molecular flexibility index (Phi) is 3.05. The van der Waals surface area contributed by atoms with Crippen LogP contribution < -0.4 is 11.3 Å². The molecule has 4 N–H and O–H groups in total. The smallest absolute Gasteiger partial charge is 0.274 e. The molecule has 0 amide bonds. The molecule has 4 rings (SSSR count). The van der Waals surface area contributed by atoms with Gasteiger partial charge in [-0.15, -0.1) is 10.2 Å². The first-order valence-corrected chi connectivity index (χ1v) is 7.07. The van der Waals surface area contributed by atoms with Gasteiger partial charge in [-0.3, -0.25) is 9.78 Å². The number of rotatable bonds is 3. The third kappa shape index (κ3) is 2.28. The molecule has 0 radical (unpaired) electrons. The first-order valence-electron chi connectivity index (χ1n) is 7.07. The van der Waals surface area contributed by atoms with Gasteiger partial charge in [0.05, 0.1) is 18.4 Å². The minimum atomic E-state index is -0.358. The molecular weight excluding hydrogens is 312 g/mol. The molecule has 0 bridgehead atoms. The highest BCUT2D eigenvalue weighted by Gasteiger charge is 2.14. The van der Waals surface area contributed by atoms with E-state index in [-0.39, 0.29) is 34.9 Å². The van der Waals surface area contributed by atoms with Crippen molar-refractivity contribution in [1.82, 2.24) is 24.8 Å². The van der Waals surface area contributed by atoms with Crippen molar-refractivity contribution in [3.8, 4) is 17.1 Å². The third-order valence-corrected chi connectivity index (χ3v) is 3.56. The van der Waals surface area contributed by atoms with Crippen LogP contribution in [0.3, 0.4) is 0 Å². The topological polar surface area (TPSA) is 135 Å². The predicted molar refractivity (Wildman–Crippen MR) is 84.4 cm³/mol. The number of hydrogen-bond donors (Lipinski definition) is 3. The average molecular weight is 324 g/mol. The van der Waals surface area contributed by atoms with E-state index in [0.29, 0.717) is 17.1 Å². The molecule has 0 saturated heterocycles. The summed E-state index contributed by atoms with van der Waals surface area (Å²) in [6.45, 7) is 0. The molecule has 4 aromatic rings. The second-order valence-corrected chi connectivity index (χ2v) is 5.19. The Balaban J connectivity index is 1.85. The van der Waals surface area contributed by atoms with Crippen molar-refractivity contribution >= 4 is 11.5 Å². The molecule has 0 saturated carbocycles. The number of aromatic nitrogens is 5. The van der Waals surface area contributed by atoms with Gasteiger partial charge in [-0.05, 0) is 30.3 Å². The van der Waals surface area contributed by atoms with E-state index in [4.69, 9.17) is 10.2 Å². The van der Waals surface area contributed by atoms with Crippen LogP contribution in [0.2, 0.25) is 0 Å². The number of nitrogens with one attached hydrogen (secondary N) is 1. The second kappa shape index (κ2) is 5.23. The average Bonchev–Trinajstić information content (AvgIpc) is 3.20. The number of hydrogen-bond acceptors (Lipinski definition) is 7. The molecule has 0 aliphatic heterocycles. The van der Waals surface area contributed by atoms with Crippen molar-refractivity contribution in [2.24, 2.45) is 0 Å². The number of nitrogens with zero attached hydrogens (tertiary/aromatic N) is 4. The lowest BCUT2D eigenvalue weighted by atomic mass is 10.2. The summed E-state index contributed by atoms with van der Waals surface area (Å²) in [7, 11) is 0. The van der Waals surface area contributed by atoms with E-state index in [1.54, 1.807) is 24.3 Å². The first-order chi connectivity index (χ1) is 11.6. The molecule has 1 aromatic carbocycles. The van der Waals surface area contributed by atoms with E-state index >= 15 is 0 Å². The van der Waals surface area contributed by atoms with Crippen LogP contribution in [0.1, 0.15) is 11.5 Å². The van der Waals surface area contributed by atoms with Crippen LogP contribution in [0.25, 0.3) is 17.2 Å². The van der Waals surface area contributed by atoms with Gasteiger partial charge in [0.2, 0.25) is 0 Å². The zero-order valence-electron chi connectivity index (χ0n) is 12.3. The SMILES string of the molecule is Nc1cc(-c2nnc3[nH]c(=O)c(Cc4ccco4)nn23)ccc1O. The van der Waals surface area contributed by atoms with Gasteiger partial charge in [-0.25, -0.2) is 0 Å². The Labute approximate surface area is 134 Å². The zero-order valence-corrected chi connectivity index (χ0v) is 12.3. The number of furan rings is 1. The van der Waals surface area contributed by atoms with Crippen molar-refractivity contribution in [1.29, 1.82) is 0 Å². The summed E-state index contributed by atoms with van der Waals surface area (Å²) in [5, 5.41) is 21.8. The monoisotopic (exact) mass is 324 g/mol. The molecular formula is C15H12N6O3. The molecule has 0 aliphatic carbocycles. The molecule has 0 atom stereocenters. The summed E-state index contributed by atoms with van der Waals surface area (Å²) in [5.41, 5.74) is 6.45. The molecule has 24 heavy (non-hydrogen) atoms. The molecule has 0 aliphatic rings. The summed E-state index contributed by atoms with van der Waals surface area (Å²) in [6, 6.07) is 8.16. The van der Waals surface area contributed by atoms with Crippen LogP contribution in [0, 0.1) is 0 Å². The number of nitrogens with two attached hydrogens (primary N) is 1. The van der Waals surface area contributed by atoms with Gasteiger partial charge in [-0.1, -0.05) is 0 Å². The first kappa shape index (κ1) is 14.0. The molecule has 120 valence electrons. The van der Waals surface area contributed by atoms with Crippen LogP contribution in [0.15, 0.2) is 45.8 Å². The van der Waals surface area contributed by atoms with Gasteiger partial charge in [0, 0.05) is 5.56 Å². The van der Waals surface area contributed by atoms with Gasteiger partial charge in [0.15, 0.2) is 5.82 Å². The number of nitrogen functional groups attached to an aromatic ring is 1. The number of anilines is 1. The maximum absolute atomic E-state index is 12.1. The fourth-order valence-corrected chi connectivity index (χ4v) is 2.36. The lowest BCUT2D eigenvalue weighted by Crippen LogP contribution is -2.19. The maximum atomic E-state index is 12.1. The van der Waals surface area contributed by atoms with Crippen molar-refractivity contribution in [3.05, 3.63) is 58.4 Å². The normalized spacial score (nSPS) is 11.2. The zero-order chi connectivity index (χ0) is 16.7. The second-order valence-electron chi connectivity index (χ2n) is 5.19. The highest BCUT2D eigenvalue weighted by atomic mass is 16.3. The Morgan fingerprint density at radius 2 is 2.17 bits per heavy atom. The third-order valence-electron chi connectivity index (χ3n) is 3.56. The van der Waals surface area contributed by atoms with Gasteiger partial charge in [0.1, 0.15) is 17.2 Å². The quantitative estimate of drug-likeness (QED) is 0.377. The van der Waals surface area contributed by atoms with Crippen LogP contribution in [-0.2, 0) is 6.42 Å². The number of H-pyrrole nitrogens is 1. The summed E-state index contributed by atoms with van der Waals surface area (Å²) in [4.78, 5) is 14.7. The molecule has 3 aromatic heterocycles. The van der Waals surface area contributed by atoms with Crippen molar-refractivity contribution in [3.63, 3.8) is 0 Å². The lowest BCUT2D eigenvalue weighted by molar-refractivity contribution is 0.478. The minimum Gasteiger partial charge on any atom is -0.506 e. The van der Waals surface area contributed by atoms with Gasteiger partial charge in [-0.2, -0.15) is 9.61 Å². The minimum absolute atomic E-state index is 0.0209. The highest BCUT2D eigenvalue weighted by molar-refractivity contribution is 5.66. The molecule has 9 heteroatoms. The molecule has 3 heterocycles. The van der Waals surface area contributed by atoms with E-state index in [2.05, 4.69) is 20.3 Å². The highest BCUT2D eigenvalue weighted by Crippen LogP contribution is 2.26. The number of fused-ring (bicyclic) bond motifs is 1. The Hall–Kier alpha value is -3.62. The number of phenolic OH excluding ortho intramolecular Hbond substituents is 1. The van der Waals surface area contributed by atoms with Gasteiger partial charge < -0.3 is 15.3 Å². The standard InChI is InChI=1S/C15H12N6O3/c16-10-6-8(3-4-12(10)22)13-18-19-15-17-14(23)11(20-21(13)15)7-9-2-1-5-24-9/h1-6,22H,7,16H2,(H,17,19,23). The maximum Gasteiger partial charge on any atom is 0.274 e. The lowest BCUT2D eigenvalue weighted by Gasteiger charge is -2.03. The van der Waals surface area contributed by atoms with E-state index in [9.17, 15) is 9.90 Å². The van der Waals surface area contributed by atoms with E-state index in [0.717, 1.165) is 0 Å². The van der Waals surface area contributed by atoms with Gasteiger partial charge >= 0.3 is 0 Å².